The Bertz CT molecular complexity index is 740. The summed E-state index contributed by atoms with van der Waals surface area (Å²) in [6, 6.07) is 8.91. The molecule has 0 bridgehead atoms. The lowest BCUT2D eigenvalue weighted by Crippen LogP contribution is -2.39. The average molecular weight is 399 g/mol. The van der Waals surface area contributed by atoms with Crippen LogP contribution in [0.4, 0.5) is 0 Å². The van der Waals surface area contributed by atoms with E-state index in [1.165, 1.54) is 24.0 Å². The summed E-state index contributed by atoms with van der Waals surface area (Å²) in [7, 11) is 0. The number of carbonyl (C=O) groups excluding carboxylic acids is 1. The highest BCUT2D eigenvalue weighted by Crippen LogP contribution is 2.34. The number of nitrogens with zero attached hydrogens (tertiary/aromatic N) is 3. The van der Waals surface area contributed by atoms with Gasteiger partial charge in [-0.15, -0.1) is 0 Å². The first-order chi connectivity index (χ1) is 14.0. The number of benzene rings is 1. The van der Waals surface area contributed by atoms with Crippen LogP contribution in [0.3, 0.4) is 0 Å². The number of amides is 1. The predicted octanol–water partition coefficient (Wildman–Crippen LogP) is 2.74. The van der Waals surface area contributed by atoms with Crippen molar-refractivity contribution in [3.05, 3.63) is 35.4 Å². The molecule has 0 radical (unpaired) electrons. The zero-order valence-corrected chi connectivity index (χ0v) is 17.8. The molecule has 6 nitrogen and oxygen atoms in total. The number of hydrogen-bond acceptors (Lipinski definition) is 5. The van der Waals surface area contributed by atoms with E-state index in [-0.39, 0.29) is 11.5 Å². The highest BCUT2D eigenvalue weighted by molar-refractivity contribution is 6.39. The third kappa shape index (κ3) is 4.98. The Morgan fingerprint density at radius 2 is 1.93 bits per heavy atom. The summed E-state index contributed by atoms with van der Waals surface area (Å²) in [5.74, 6) is 0.492. The monoisotopic (exact) mass is 398 g/mol. The zero-order valence-electron chi connectivity index (χ0n) is 17.8. The van der Waals surface area contributed by atoms with E-state index in [2.05, 4.69) is 58.4 Å². The number of hydrogen-bond donors (Lipinski definition) is 1. The van der Waals surface area contributed by atoms with Crippen LogP contribution in [0, 0.1) is 0 Å². The van der Waals surface area contributed by atoms with Crippen LogP contribution < -0.4 is 5.32 Å². The lowest BCUT2D eigenvalue weighted by Gasteiger charge is -2.22. The van der Waals surface area contributed by atoms with Gasteiger partial charge in [-0.25, -0.2) is 0 Å². The number of rotatable bonds is 7. The van der Waals surface area contributed by atoms with E-state index in [0.717, 1.165) is 45.7 Å². The van der Waals surface area contributed by atoms with E-state index in [4.69, 9.17) is 4.84 Å². The van der Waals surface area contributed by atoms with E-state index in [0.29, 0.717) is 24.6 Å². The Morgan fingerprint density at radius 1 is 1.17 bits per heavy atom. The molecule has 6 heteroatoms. The van der Waals surface area contributed by atoms with Crippen LogP contribution in [0.25, 0.3) is 0 Å². The van der Waals surface area contributed by atoms with E-state index in [1.54, 1.807) is 0 Å². The van der Waals surface area contributed by atoms with Gasteiger partial charge in [0.05, 0.1) is 0 Å². The van der Waals surface area contributed by atoms with E-state index in [9.17, 15) is 4.79 Å². The van der Waals surface area contributed by atoms with Gasteiger partial charge in [-0.2, -0.15) is 0 Å². The minimum Gasteiger partial charge on any atom is -0.387 e. The molecule has 29 heavy (non-hydrogen) atoms. The molecular weight excluding hydrogens is 364 g/mol. The number of oxime groups is 1. The summed E-state index contributed by atoms with van der Waals surface area (Å²) in [5, 5.41) is 7.18. The van der Waals surface area contributed by atoms with Gasteiger partial charge in [0.15, 0.2) is 5.60 Å². The van der Waals surface area contributed by atoms with Gasteiger partial charge >= 0.3 is 0 Å². The average Bonchev–Trinajstić information content (AvgIpc) is 3.45. The van der Waals surface area contributed by atoms with E-state index in [1.807, 2.05) is 0 Å². The van der Waals surface area contributed by atoms with Gasteiger partial charge in [0.2, 0.25) is 0 Å². The van der Waals surface area contributed by atoms with E-state index < -0.39 is 0 Å². The molecule has 2 fully saturated rings. The molecule has 0 aromatic heterocycles. The summed E-state index contributed by atoms with van der Waals surface area (Å²) < 4.78 is 0. The Hall–Kier alpha value is -1.92. The van der Waals surface area contributed by atoms with Crippen LogP contribution >= 0.6 is 0 Å². The Kier molecular flexibility index (Phi) is 6.20. The molecule has 0 saturated carbocycles. The molecule has 158 valence electrons. The molecule has 1 amide bonds. The quantitative estimate of drug-likeness (QED) is 0.767. The van der Waals surface area contributed by atoms with Crippen molar-refractivity contribution in [1.82, 2.24) is 15.1 Å². The summed E-state index contributed by atoms with van der Waals surface area (Å²) in [4.78, 5) is 23.1. The van der Waals surface area contributed by atoms with Crippen molar-refractivity contribution < 1.29 is 9.63 Å². The van der Waals surface area contributed by atoms with Gasteiger partial charge in [0.1, 0.15) is 5.71 Å². The minimum absolute atomic E-state index is 0.0659. The van der Waals surface area contributed by atoms with E-state index >= 15 is 0 Å². The first kappa shape index (κ1) is 20.4. The maximum atomic E-state index is 12.5. The Balaban J connectivity index is 1.23. The summed E-state index contributed by atoms with van der Waals surface area (Å²) in [6.45, 7) is 11.1. The van der Waals surface area contributed by atoms with Gasteiger partial charge in [-0.05, 0) is 43.0 Å². The summed E-state index contributed by atoms with van der Waals surface area (Å²) >= 11 is 0. The van der Waals surface area contributed by atoms with Gasteiger partial charge in [-0.1, -0.05) is 43.3 Å². The topological polar surface area (TPSA) is 57.2 Å². The number of carbonyl (C=O) groups is 1. The lowest BCUT2D eigenvalue weighted by atomic mass is 9.96. The molecule has 3 heterocycles. The molecule has 3 aliphatic rings. The van der Waals surface area contributed by atoms with Crippen molar-refractivity contribution in [1.29, 1.82) is 0 Å². The largest absolute Gasteiger partial charge is 0.387 e. The SMILES string of the molecule is CC(C)c1ccc(CN2CC[C@@]3(CC(C(=O)NCCN4CCCC4)=NO3)C2)cc1. The fourth-order valence-corrected chi connectivity index (χ4v) is 4.63. The lowest BCUT2D eigenvalue weighted by molar-refractivity contribution is -0.114. The molecule has 1 spiro atoms. The molecule has 4 rings (SSSR count). The van der Waals surface area contributed by atoms with Gasteiger partial charge in [-0.3, -0.25) is 9.69 Å². The molecule has 0 aliphatic carbocycles. The number of likely N-dealkylation sites (tertiary alicyclic amines) is 2. The van der Waals surface area contributed by atoms with Crippen LogP contribution in [0.5, 0.6) is 0 Å². The molecule has 1 aromatic rings. The molecule has 3 aliphatic heterocycles. The molecule has 1 aromatic carbocycles. The van der Waals surface area contributed by atoms with Crippen molar-refractivity contribution >= 4 is 11.6 Å². The third-order valence-corrected chi connectivity index (χ3v) is 6.46. The maximum absolute atomic E-state index is 12.5. The molecule has 0 unspecified atom stereocenters. The highest BCUT2D eigenvalue weighted by Gasteiger charge is 2.46. The van der Waals surface area contributed by atoms with Gasteiger partial charge in [0.25, 0.3) is 5.91 Å². The third-order valence-electron chi connectivity index (χ3n) is 6.46. The van der Waals surface area contributed by atoms with Crippen molar-refractivity contribution in [2.75, 3.05) is 39.3 Å². The first-order valence-corrected chi connectivity index (χ1v) is 11.1. The Morgan fingerprint density at radius 3 is 2.66 bits per heavy atom. The molecule has 1 N–H and O–H groups in total. The maximum Gasteiger partial charge on any atom is 0.269 e. The normalized spacial score (nSPS) is 25.0. The smallest absolute Gasteiger partial charge is 0.269 e. The predicted molar refractivity (Wildman–Crippen MR) is 115 cm³/mol. The summed E-state index contributed by atoms with van der Waals surface area (Å²) in [5.41, 5.74) is 2.93. The van der Waals surface area contributed by atoms with Crippen molar-refractivity contribution in [2.45, 2.75) is 57.6 Å². The second-order valence-electron chi connectivity index (χ2n) is 9.15. The van der Waals surface area contributed by atoms with Crippen LogP contribution in [-0.2, 0) is 16.2 Å². The van der Waals surface area contributed by atoms with Crippen LogP contribution in [0.15, 0.2) is 29.4 Å². The number of nitrogens with one attached hydrogen (secondary N) is 1. The van der Waals surface area contributed by atoms with Crippen molar-refractivity contribution in [3.63, 3.8) is 0 Å². The van der Waals surface area contributed by atoms with Crippen LogP contribution in [-0.4, -0.2) is 66.3 Å². The molecule has 2 saturated heterocycles. The molecular formula is C23H34N4O2. The zero-order chi connectivity index (χ0) is 20.3. The van der Waals surface area contributed by atoms with Crippen molar-refractivity contribution in [2.24, 2.45) is 5.16 Å². The second-order valence-corrected chi connectivity index (χ2v) is 9.15. The molecule has 1 atom stereocenters. The first-order valence-electron chi connectivity index (χ1n) is 11.1. The fraction of sp³-hybridized carbons (Fsp3) is 0.652. The summed E-state index contributed by atoms with van der Waals surface area (Å²) in [6.07, 6.45) is 4.08. The second kappa shape index (κ2) is 8.84. The standard InChI is InChI=1S/C23H34N4O2/c1-18(2)20-7-5-19(6-8-20)16-27-13-9-23(17-27)15-21(25-29-23)22(28)24-10-14-26-11-3-4-12-26/h5-8,18H,3-4,9-17H2,1-2H3,(H,24,28)/t23-/m1/s1. The highest BCUT2D eigenvalue weighted by atomic mass is 16.7. The van der Waals surface area contributed by atoms with Gasteiger partial charge < -0.3 is 15.1 Å². The van der Waals surface area contributed by atoms with Crippen LogP contribution in [0.1, 0.15) is 56.6 Å². The minimum atomic E-state index is -0.320. The Labute approximate surface area is 174 Å². The fourth-order valence-electron chi connectivity index (χ4n) is 4.63. The van der Waals surface area contributed by atoms with Crippen molar-refractivity contribution in [3.8, 4) is 0 Å². The van der Waals surface area contributed by atoms with Crippen LogP contribution in [0.2, 0.25) is 0 Å². The van der Waals surface area contributed by atoms with Gasteiger partial charge in [0, 0.05) is 45.6 Å².